The van der Waals surface area contributed by atoms with E-state index in [1.165, 1.54) is 18.2 Å². The number of halogens is 4. The van der Waals surface area contributed by atoms with E-state index in [9.17, 15) is 9.18 Å². The molecular formula is C13H7BrClFINO. The van der Waals surface area contributed by atoms with Gasteiger partial charge in [0.2, 0.25) is 0 Å². The normalized spacial score (nSPS) is 10.3. The Labute approximate surface area is 136 Å². The highest BCUT2D eigenvalue weighted by Crippen LogP contribution is 2.24. The molecule has 2 aromatic carbocycles. The zero-order chi connectivity index (χ0) is 14.0. The first kappa shape index (κ1) is 14.7. The van der Waals surface area contributed by atoms with Crippen LogP contribution in [-0.4, -0.2) is 5.91 Å². The standard InChI is InChI=1S/C13H7BrClFINO/c14-10-3-2-8(16)6-9(10)13(19)18-12-4-1-7(15)5-11(12)17/h1-6H,(H,18,19). The lowest BCUT2D eigenvalue weighted by molar-refractivity contribution is 0.102. The van der Waals surface area contributed by atoms with Gasteiger partial charge in [-0.3, -0.25) is 4.79 Å². The average Bonchev–Trinajstić information content (AvgIpc) is 2.35. The van der Waals surface area contributed by atoms with Crippen LogP contribution in [0, 0.1) is 9.39 Å². The van der Waals surface area contributed by atoms with Crippen LogP contribution in [-0.2, 0) is 0 Å². The molecule has 2 aromatic rings. The summed E-state index contributed by atoms with van der Waals surface area (Å²) in [4.78, 5) is 12.1. The molecule has 2 nitrogen and oxygen atoms in total. The van der Waals surface area contributed by atoms with Crippen LogP contribution in [0.3, 0.4) is 0 Å². The van der Waals surface area contributed by atoms with Gasteiger partial charge in [0.05, 0.1) is 11.3 Å². The highest BCUT2D eigenvalue weighted by molar-refractivity contribution is 14.1. The Hall–Kier alpha value is -0.660. The first-order chi connectivity index (χ1) is 8.97. The molecule has 0 atom stereocenters. The van der Waals surface area contributed by atoms with Crippen LogP contribution in [0.25, 0.3) is 0 Å². The van der Waals surface area contributed by atoms with E-state index < -0.39 is 5.82 Å². The van der Waals surface area contributed by atoms with E-state index >= 15 is 0 Å². The van der Waals surface area contributed by atoms with Crippen molar-refractivity contribution in [3.8, 4) is 0 Å². The molecule has 0 spiro atoms. The van der Waals surface area contributed by atoms with Gasteiger partial charge in [-0.15, -0.1) is 0 Å². The van der Waals surface area contributed by atoms with E-state index in [-0.39, 0.29) is 11.5 Å². The Bertz CT molecular complexity index is 651. The smallest absolute Gasteiger partial charge is 0.256 e. The van der Waals surface area contributed by atoms with Gasteiger partial charge < -0.3 is 5.32 Å². The molecule has 0 unspecified atom stereocenters. The topological polar surface area (TPSA) is 29.1 Å². The predicted octanol–water partition coefficient (Wildman–Crippen LogP) is 5.10. The molecule has 0 aliphatic carbocycles. The lowest BCUT2D eigenvalue weighted by Gasteiger charge is -2.09. The molecule has 0 aromatic heterocycles. The Kier molecular flexibility index (Phi) is 4.81. The van der Waals surface area contributed by atoms with Crippen LogP contribution in [0.5, 0.6) is 0 Å². The summed E-state index contributed by atoms with van der Waals surface area (Å²) in [5.74, 6) is -0.842. The summed E-state index contributed by atoms with van der Waals surface area (Å²) in [6.07, 6.45) is 0. The number of anilines is 1. The maximum atomic E-state index is 13.2. The first-order valence-corrected chi connectivity index (χ1v) is 7.44. The molecule has 1 N–H and O–H groups in total. The summed E-state index contributed by atoms with van der Waals surface area (Å²) < 4.78 is 14.5. The minimum atomic E-state index is -0.459. The van der Waals surface area contributed by atoms with Crippen molar-refractivity contribution in [2.75, 3.05) is 5.32 Å². The van der Waals surface area contributed by atoms with Crippen molar-refractivity contribution >= 4 is 61.7 Å². The van der Waals surface area contributed by atoms with Crippen molar-refractivity contribution < 1.29 is 9.18 Å². The lowest BCUT2D eigenvalue weighted by Crippen LogP contribution is -2.13. The number of hydrogen-bond donors (Lipinski definition) is 1. The van der Waals surface area contributed by atoms with Gasteiger partial charge in [0.1, 0.15) is 5.82 Å². The second-order valence-corrected chi connectivity index (χ2v) is 6.16. The number of benzene rings is 2. The number of nitrogens with one attached hydrogen (secondary N) is 1. The molecule has 0 fully saturated rings. The molecule has 98 valence electrons. The van der Waals surface area contributed by atoms with Gasteiger partial charge in [-0.2, -0.15) is 0 Å². The average molecular weight is 454 g/mol. The van der Waals surface area contributed by atoms with Gasteiger partial charge in [-0.1, -0.05) is 11.6 Å². The molecular weight excluding hydrogens is 447 g/mol. The summed E-state index contributed by atoms with van der Waals surface area (Å²) in [6.45, 7) is 0. The van der Waals surface area contributed by atoms with Crippen LogP contribution in [0.4, 0.5) is 10.1 Å². The molecule has 1 amide bonds. The van der Waals surface area contributed by atoms with Crippen LogP contribution < -0.4 is 5.32 Å². The molecule has 0 aliphatic heterocycles. The molecule has 6 heteroatoms. The molecule has 19 heavy (non-hydrogen) atoms. The molecule has 0 bridgehead atoms. The SMILES string of the molecule is O=C(Nc1ccc(Cl)cc1I)c1cc(F)ccc1Br. The van der Waals surface area contributed by atoms with Gasteiger partial charge in [0.15, 0.2) is 0 Å². The van der Waals surface area contributed by atoms with Gasteiger partial charge >= 0.3 is 0 Å². The second-order valence-electron chi connectivity index (χ2n) is 3.70. The third-order valence-electron chi connectivity index (χ3n) is 2.35. The highest BCUT2D eigenvalue weighted by atomic mass is 127. The molecule has 0 radical (unpaired) electrons. The van der Waals surface area contributed by atoms with E-state index in [0.29, 0.717) is 15.2 Å². The molecule has 0 saturated heterocycles. The summed E-state index contributed by atoms with van der Waals surface area (Å²) >= 11 is 11.1. The van der Waals surface area contributed by atoms with Crippen LogP contribution in [0.2, 0.25) is 5.02 Å². The zero-order valence-electron chi connectivity index (χ0n) is 9.38. The lowest BCUT2D eigenvalue weighted by atomic mass is 10.2. The van der Waals surface area contributed by atoms with Gasteiger partial charge in [0, 0.05) is 13.1 Å². The van der Waals surface area contributed by atoms with Crippen molar-refractivity contribution in [1.29, 1.82) is 0 Å². The van der Waals surface area contributed by atoms with Gasteiger partial charge in [-0.05, 0) is 74.9 Å². The van der Waals surface area contributed by atoms with Crippen LogP contribution in [0.15, 0.2) is 40.9 Å². The monoisotopic (exact) mass is 453 g/mol. The number of rotatable bonds is 2. The molecule has 0 saturated carbocycles. The van der Waals surface area contributed by atoms with Gasteiger partial charge in [-0.25, -0.2) is 4.39 Å². The largest absolute Gasteiger partial charge is 0.321 e. The number of carbonyl (C=O) groups is 1. The van der Waals surface area contributed by atoms with E-state index in [4.69, 9.17) is 11.6 Å². The van der Waals surface area contributed by atoms with Crippen LogP contribution >= 0.6 is 50.1 Å². The number of carbonyl (C=O) groups excluding carboxylic acids is 1. The third kappa shape index (κ3) is 3.67. The van der Waals surface area contributed by atoms with Gasteiger partial charge in [0.25, 0.3) is 5.91 Å². The summed E-state index contributed by atoms with van der Waals surface area (Å²) in [7, 11) is 0. The summed E-state index contributed by atoms with van der Waals surface area (Å²) in [6, 6.07) is 9.08. The first-order valence-electron chi connectivity index (χ1n) is 5.19. The highest BCUT2D eigenvalue weighted by Gasteiger charge is 2.12. The molecule has 0 aliphatic rings. The summed E-state index contributed by atoms with van der Waals surface area (Å²) in [5.41, 5.74) is 0.872. The quantitative estimate of drug-likeness (QED) is 0.629. The second kappa shape index (κ2) is 6.19. The summed E-state index contributed by atoms with van der Waals surface area (Å²) in [5, 5.41) is 3.31. The fourth-order valence-corrected chi connectivity index (χ4v) is 2.89. The van der Waals surface area contributed by atoms with E-state index in [1.54, 1.807) is 18.2 Å². The van der Waals surface area contributed by atoms with E-state index in [0.717, 1.165) is 3.57 Å². The number of hydrogen-bond acceptors (Lipinski definition) is 1. The zero-order valence-corrected chi connectivity index (χ0v) is 13.9. The van der Waals surface area contributed by atoms with Crippen molar-refractivity contribution in [2.45, 2.75) is 0 Å². The molecule has 2 rings (SSSR count). The maximum absolute atomic E-state index is 13.2. The minimum Gasteiger partial charge on any atom is -0.321 e. The van der Waals surface area contributed by atoms with Crippen molar-refractivity contribution in [2.24, 2.45) is 0 Å². The minimum absolute atomic E-state index is 0.241. The predicted molar refractivity (Wildman–Crippen MR) is 86.2 cm³/mol. The Morgan fingerprint density at radius 2 is 2.00 bits per heavy atom. The van der Waals surface area contributed by atoms with Crippen molar-refractivity contribution in [3.63, 3.8) is 0 Å². The number of amides is 1. The van der Waals surface area contributed by atoms with Crippen molar-refractivity contribution in [3.05, 3.63) is 60.8 Å². The Balaban J connectivity index is 2.28. The third-order valence-corrected chi connectivity index (χ3v) is 4.17. The van der Waals surface area contributed by atoms with Crippen molar-refractivity contribution in [1.82, 2.24) is 0 Å². The van der Waals surface area contributed by atoms with E-state index in [2.05, 4.69) is 43.8 Å². The Morgan fingerprint density at radius 3 is 2.68 bits per heavy atom. The van der Waals surface area contributed by atoms with E-state index in [1.807, 2.05) is 0 Å². The maximum Gasteiger partial charge on any atom is 0.256 e. The molecule has 0 heterocycles. The fourth-order valence-electron chi connectivity index (χ4n) is 1.45. The fraction of sp³-hybridized carbons (Fsp3) is 0. The Morgan fingerprint density at radius 1 is 1.26 bits per heavy atom. The van der Waals surface area contributed by atoms with Crippen LogP contribution in [0.1, 0.15) is 10.4 Å².